The minimum Gasteiger partial charge on any atom is -0.385 e. The molecule has 5 nitrogen and oxygen atoms in total. The number of aromatic nitrogens is 2. The number of fused-ring (bicyclic) bond motifs is 1. The topological polar surface area (TPSA) is 41.8 Å². The van der Waals surface area contributed by atoms with Crippen molar-refractivity contribution in [3.63, 3.8) is 0 Å². The Hall–Kier alpha value is -1.59. The zero-order chi connectivity index (χ0) is 15.2. The summed E-state index contributed by atoms with van der Waals surface area (Å²) in [6, 6.07) is 6.57. The Kier molecular flexibility index (Phi) is 5.59. The van der Waals surface area contributed by atoms with Crippen LogP contribution in [-0.2, 0) is 11.3 Å². The van der Waals surface area contributed by atoms with Gasteiger partial charge in [0.1, 0.15) is 5.65 Å². The van der Waals surface area contributed by atoms with E-state index < -0.39 is 0 Å². The first-order valence-electron chi connectivity index (χ1n) is 7.53. The SMILES string of the molecule is COCCCN(C)c1nc2ccccn2c1CNC(C)C. The summed E-state index contributed by atoms with van der Waals surface area (Å²) in [6.07, 6.45) is 3.07. The van der Waals surface area contributed by atoms with E-state index in [0.717, 1.165) is 37.6 Å². The van der Waals surface area contributed by atoms with Crippen LogP contribution in [0.15, 0.2) is 24.4 Å². The largest absolute Gasteiger partial charge is 0.385 e. The Morgan fingerprint density at radius 2 is 2.19 bits per heavy atom. The van der Waals surface area contributed by atoms with E-state index in [9.17, 15) is 0 Å². The van der Waals surface area contributed by atoms with Crippen molar-refractivity contribution in [2.45, 2.75) is 32.9 Å². The predicted molar refractivity (Wildman–Crippen MR) is 86.9 cm³/mol. The molecule has 21 heavy (non-hydrogen) atoms. The molecule has 0 aliphatic rings. The molecule has 2 rings (SSSR count). The zero-order valence-corrected chi connectivity index (χ0v) is 13.5. The van der Waals surface area contributed by atoms with Crippen molar-refractivity contribution in [3.05, 3.63) is 30.1 Å². The molecule has 0 amide bonds. The molecular formula is C16H26N4O. The van der Waals surface area contributed by atoms with Crippen LogP contribution in [0, 0.1) is 0 Å². The van der Waals surface area contributed by atoms with Crippen molar-refractivity contribution in [2.24, 2.45) is 0 Å². The van der Waals surface area contributed by atoms with E-state index in [1.54, 1.807) is 7.11 Å². The summed E-state index contributed by atoms with van der Waals surface area (Å²) in [5, 5.41) is 3.49. The Bertz CT molecular complexity index is 564. The number of nitrogens with one attached hydrogen (secondary N) is 1. The Balaban J connectivity index is 2.25. The van der Waals surface area contributed by atoms with Gasteiger partial charge in [-0.2, -0.15) is 0 Å². The van der Waals surface area contributed by atoms with Crippen molar-refractivity contribution in [3.8, 4) is 0 Å². The molecule has 0 saturated carbocycles. The molecule has 0 aliphatic heterocycles. The monoisotopic (exact) mass is 290 g/mol. The van der Waals surface area contributed by atoms with Gasteiger partial charge in [0.2, 0.25) is 0 Å². The van der Waals surface area contributed by atoms with Gasteiger partial charge in [0.05, 0.1) is 5.69 Å². The third-order valence-corrected chi connectivity index (χ3v) is 3.49. The molecule has 0 atom stereocenters. The number of imidazole rings is 1. The van der Waals surface area contributed by atoms with Crippen LogP contribution in [0.1, 0.15) is 26.0 Å². The first-order valence-corrected chi connectivity index (χ1v) is 7.53. The maximum Gasteiger partial charge on any atom is 0.152 e. The number of pyridine rings is 1. The van der Waals surface area contributed by atoms with Crippen LogP contribution < -0.4 is 10.2 Å². The molecule has 5 heteroatoms. The Morgan fingerprint density at radius 3 is 2.90 bits per heavy atom. The van der Waals surface area contributed by atoms with Crippen molar-refractivity contribution >= 4 is 11.5 Å². The molecule has 0 spiro atoms. The van der Waals surface area contributed by atoms with Gasteiger partial charge in [-0.05, 0) is 18.6 Å². The number of hydrogen-bond donors (Lipinski definition) is 1. The van der Waals surface area contributed by atoms with Crippen LogP contribution in [0.25, 0.3) is 5.65 Å². The number of rotatable bonds is 8. The van der Waals surface area contributed by atoms with E-state index in [4.69, 9.17) is 9.72 Å². The van der Waals surface area contributed by atoms with Crippen LogP contribution in [0.2, 0.25) is 0 Å². The zero-order valence-electron chi connectivity index (χ0n) is 13.5. The molecule has 2 aromatic rings. The van der Waals surface area contributed by atoms with Gasteiger partial charge in [0, 0.05) is 46.1 Å². The fraction of sp³-hybridized carbons (Fsp3) is 0.562. The summed E-state index contributed by atoms with van der Waals surface area (Å²) in [7, 11) is 3.83. The fourth-order valence-electron chi connectivity index (χ4n) is 2.36. The van der Waals surface area contributed by atoms with Gasteiger partial charge in [0.25, 0.3) is 0 Å². The number of ether oxygens (including phenoxy) is 1. The van der Waals surface area contributed by atoms with Gasteiger partial charge in [-0.3, -0.25) is 0 Å². The van der Waals surface area contributed by atoms with Crippen LogP contribution >= 0.6 is 0 Å². The molecule has 0 bridgehead atoms. The van der Waals surface area contributed by atoms with Gasteiger partial charge in [-0.15, -0.1) is 0 Å². The molecule has 0 saturated heterocycles. The summed E-state index contributed by atoms with van der Waals surface area (Å²) in [5.74, 6) is 1.05. The molecule has 0 fully saturated rings. The summed E-state index contributed by atoms with van der Waals surface area (Å²) in [5.41, 5.74) is 2.20. The number of methoxy groups -OCH3 is 1. The normalized spacial score (nSPS) is 11.5. The highest BCUT2D eigenvalue weighted by molar-refractivity contribution is 5.55. The molecule has 0 unspecified atom stereocenters. The van der Waals surface area contributed by atoms with Gasteiger partial charge < -0.3 is 19.4 Å². The van der Waals surface area contributed by atoms with Gasteiger partial charge in [-0.25, -0.2) is 4.98 Å². The third kappa shape index (κ3) is 3.95. The summed E-state index contributed by atoms with van der Waals surface area (Å²) in [4.78, 5) is 6.99. The summed E-state index contributed by atoms with van der Waals surface area (Å²) >= 11 is 0. The first-order chi connectivity index (χ1) is 10.1. The van der Waals surface area contributed by atoms with E-state index >= 15 is 0 Å². The average molecular weight is 290 g/mol. The molecule has 0 aliphatic carbocycles. The minimum absolute atomic E-state index is 0.450. The number of nitrogens with zero attached hydrogens (tertiary/aromatic N) is 3. The highest BCUT2D eigenvalue weighted by Gasteiger charge is 2.15. The first kappa shape index (κ1) is 15.8. The standard InChI is InChI=1S/C16H26N4O/c1-13(2)17-12-14-16(19(3)9-7-11-21-4)18-15-8-5-6-10-20(14)15/h5-6,8,10,13,17H,7,9,11-12H2,1-4H3. The third-order valence-electron chi connectivity index (χ3n) is 3.49. The highest BCUT2D eigenvalue weighted by atomic mass is 16.5. The molecule has 0 aromatic carbocycles. The lowest BCUT2D eigenvalue weighted by Crippen LogP contribution is -2.26. The summed E-state index contributed by atoms with van der Waals surface area (Å²) in [6.45, 7) is 6.84. The smallest absolute Gasteiger partial charge is 0.152 e. The van der Waals surface area contributed by atoms with Gasteiger partial charge >= 0.3 is 0 Å². The minimum atomic E-state index is 0.450. The van der Waals surface area contributed by atoms with Crippen LogP contribution in [0.3, 0.4) is 0 Å². The molecule has 1 N–H and O–H groups in total. The predicted octanol–water partition coefficient (Wildman–Crippen LogP) is 2.31. The second kappa shape index (κ2) is 7.43. The summed E-state index contributed by atoms with van der Waals surface area (Å²) < 4.78 is 7.30. The van der Waals surface area contributed by atoms with Crippen LogP contribution in [0.5, 0.6) is 0 Å². The van der Waals surface area contributed by atoms with E-state index in [0.29, 0.717) is 6.04 Å². The van der Waals surface area contributed by atoms with E-state index in [-0.39, 0.29) is 0 Å². The van der Waals surface area contributed by atoms with Gasteiger partial charge in [-0.1, -0.05) is 19.9 Å². The molecule has 0 radical (unpaired) electrons. The molecule has 2 aromatic heterocycles. The van der Waals surface area contributed by atoms with Crippen molar-refractivity contribution in [1.29, 1.82) is 0 Å². The van der Waals surface area contributed by atoms with Crippen molar-refractivity contribution < 1.29 is 4.74 Å². The number of hydrogen-bond acceptors (Lipinski definition) is 4. The lowest BCUT2D eigenvalue weighted by Gasteiger charge is -2.19. The second-order valence-corrected chi connectivity index (χ2v) is 5.61. The quantitative estimate of drug-likeness (QED) is 0.758. The molecule has 2 heterocycles. The van der Waals surface area contributed by atoms with Crippen molar-refractivity contribution in [2.75, 3.05) is 32.2 Å². The molecule has 116 valence electrons. The number of anilines is 1. The fourth-order valence-corrected chi connectivity index (χ4v) is 2.36. The Labute approximate surface area is 126 Å². The maximum atomic E-state index is 5.13. The lowest BCUT2D eigenvalue weighted by molar-refractivity contribution is 0.196. The Morgan fingerprint density at radius 1 is 1.38 bits per heavy atom. The maximum absolute atomic E-state index is 5.13. The average Bonchev–Trinajstić information content (AvgIpc) is 2.84. The van der Waals surface area contributed by atoms with Crippen LogP contribution in [0.4, 0.5) is 5.82 Å². The van der Waals surface area contributed by atoms with E-state index in [2.05, 4.69) is 41.7 Å². The van der Waals surface area contributed by atoms with Crippen LogP contribution in [-0.4, -0.2) is 42.7 Å². The van der Waals surface area contributed by atoms with Crippen molar-refractivity contribution in [1.82, 2.24) is 14.7 Å². The lowest BCUT2D eigenvalue weighted by atomic mass is 10.3. The second-order valence-electron chi connectivity index (χ2n) is 5.61. The molecular weight excluding hydrogens is 264 g/mol. The highest BCUT2D eigenvalue weighted by Crippen LogP contribution is 2.21. The van der Waals surface area contributed by atoms with E-state index in [1.807, 2.05) is 18.2 Å². The van der Waals surface area contributed by atoms with Gasteiger partial charge in [0.15, 0.2) is 5.82 Å². The van der Waals surface area contributed by atoms with E-state index in [1.165, 1.54) is 5.69 Å².